The lowest BCUT2D eigenvalue weighted by Gasteiger charge is -2.04. The third kappa shape index (κ3) is 1.94. The molecule has 0 unspecified atom stereocenters. The highest BCUT2D eigenvalue weighted by Gasteiger charge is 2.17. The molecule has 3 aromatic heterocycles. The van der Waals surface area contributed by atoms with Crippen LogP contribution < -0.4 is 0 Å². The van der Waals surface area contributed by atoms with E-state index in [4.69, 9.17) is 11.6 Å². The minimum Gasteiger partial charge on any atom is -0.464 e. The SMILES string of the molecule is O=C(O)n1c(-c2cccc(Cl)n2)cc2cccnc21. The van der Waals surface area contributed by atoms with Gasteiger partial charge in [-0.2, -0.15) is 0 Å². The smallest absolute Gasteiger partial charge is 0.417 e. The molecule has 3 rings (SSSR count). The molecule has 0 amide bonds. The molecule has 0 aliphatic heterocycles. The quantitative estimate of drug-likeness (QED) is 0.691. The molecule has 3 aromatic rings. The van der Waals surface area contributed by atoms with Gasteiger partial charge in [0.1, 0.15) is 10.8 Å². The Morgan fingerprint density at radius 2 is 2.11 bits per heavy atom. The molecule has 0 spiro atoms. The van der Waals surface area contributed by atoms with E-state index < -0.39 is 6.09 Å². The molecule has 1 N–H and O–H groups in total. The number of hydrogen-bond acceptors (Lipinski definition) is 3. The average molecular weight is 274 g/mol. The molecule has 0 aliphatic carbocycles. The molecular formula is C13H8ClN3O2. The Bertz CT molecular complexity index is 782. The first-order valence-electron chi connectivity index (χ1n) is 5.49. The van der Waals surface area contributed by atoms with Crippen molar-refractivity contribution in [2.75, 3.05) is 0 Å². The lowest BCUT2D eigenvalue weighted by atomic mass is 10.2. The molecule has 0 saturated carbocycles. The maximum atomic E-state index is 11.4. The molecule has 0 saturated heterocycles. The van der Waals surface area contributed by atoms with Gasteiger partial charge in [-0.3, -0.25) is 0 Å². The Morgan fingerprint density at radius 3 is 2.84 bits per heavy atom. The number of rotatable bonds is 1. The van der Waals surface area contributed by atoms with E-state index in [1.54, 1.807) is 42.6 Å². The van der Waals surface area contributed by atoms with Crippen LogP contribution in [0.3, 0.4) is 0 Å². The van der Waals surface area contributed by atoms with Crippen molar-refractivity contribution in [2.24, 2.45) is 0 Å². The predicted octanol–water partition coefficient (Wildman–Crippen LogP) is 3.28. The summed E-state index contributed by atoms with van der Waals surface area (Å²) in [6.45, 7) is 0. The van der Waals surface area contributed by atoms with Crippen molar-refractivity contribution in [2.45, 2.75) is 0 Å². The number of carboxylic acid groups (broad SMARTS) is 1. The van der Waals surface area contributed by atoms with Crippen LogP contribution in [0.25, 0.3) is 22.4 Å². The second kappa shape index (κ2) is 4.37. The maximum Gasteiger partial charge on any atom is 0.417 e. The normalized spacial score (nSPS) is 10.8. The number of nitrogens with zero attached hydrogens (tertiary/aromatic N) is 3. The van der Waals surface area contributed by atoms with Crippen molar-refractivity contribution in [1.29, 1.82) is 0 Å². The van der Waals surface area contributed by atoms with E-state index in [9.17, 15) is 9.90 Å². The average Bonchev–Trinajstić information content (AvgIpc) is 2.78. The number of aromatic nitrogens is 3. The lowest BCUT2D eigenvalue weighted by Crippen LogP contribution is -2.10. The first-order valence-corrected chi connectivity index (χ1v) is 5.87. The first kappa shape index (κ1) is 11.7. The van der Waals surface area contributed by atoms with Gasteiger partial charge < -0.3 is 5.11 Å². The molecule has 0 fully saturated rings. The molecule has 0 aromatic carbocycles. The maximum absolute atomic E-state index is 11.4. The van der Waals surface area contributed by atoms with Gasteiger partial charge in [-0.25, -0.2) is 19.3 Å². The van der Waals surface area contributed by atoms with E-state index in [2.05, 4.69) is 9.97 Å². The van der Waals surface area contributed by atoms with Gasteiger partial charge in [0, 0.05) is 11.6 Å². The van der Waals surface area contributed by atoms with Gasteiger partial charge >= 0.3 is 6.09 Å². The minimum absolute atomic E-state index is 0.313. The number of halogens is 1. The van der Waals surface area contributed by atoms with Crippen LogP contribution in [0.15, 0.2) is 42.6 Å². The van der Waals surface area contributed by atoms with Crippen molar-refractivity contribution in [3.05, 3.63) is 47.7 Å². The Balaban J connectivity index is 2.34. The first-order chi connectivity index (χ1) is 9.16. The zero-order valence-electron chi connectivity index (χ0n) is 9.62. The fourth-order valence-corrected chi connectivity index (χ4v) is 2.13. The summed E-state index contributed by atoms with van der Waals surface area (Å²) < 4.78 is 1.11. The van der Waals surface area contributed by atoms with Crippen LogP contribution in [0.1, 0.15) is 0 Å². The Morgan fingerprint density at radius 1 is 1.26 bits per heavy atom. The second-order valence-corrected chi connectivity index (χ2v) is 4.30. The summed E-state index contributed by atoms with van der Waals surface area (Å²) in [5.74, 6) is 0. The summed E-state index contributed by atoms with van der Waals surface area (Å²) in [5.41, 5.74) is 1.32. The van der Waals surface area contributed by atoms with E-state index >= 15 is 0 Å². The molecule has 0 atom stereocenters. The molecule has 0 radical (unpaired) electrons. The lowest BCUT2D eigenvalue weighted by molar-refractivity contribution is 0.197. The standard InChI is InChI=1S/C13H8ClN3O2/c14-11-5-1-4-9(16-11)10-7-8-3-2-6-15-12(8)17(10)13(18)19/h1-7H,(H,18,19). The van der Waals surface area contributed by atoms with E-state index in [1.165, 1.54) is 0 Å². The minimum atomic E-state index is -1.11. The highest BCUT2D eigenvalue weighted by molar-refractivity contribution is 6.29. The molecule has 0 aliphatic rings. The van der Waals surface area contributed by atoms with E-state index in [-0.39, 0.29) is 0 Å². The van der Waals surface area contributed by atoms with Crippen molar-refractivity contribution < 1.29 is 9.90 Å². The van der Waals surface area contributed by atoms with Crippen molar-refractivity contribution >= 4 is 28.7 Å². The van der Waals surface area contributed by atoms with Crippen LogP contribution in [0.4, 0.5) is 4.79 Å². The third-order valence-electron chi connectivity index (χ3n) is 2.73. The summed E-state index contributed by atoms with van der Waals surface area (Å²) in [6.07, 6.45) is 0.446. The molecule has 19 heavy (non-hydrogen) atoms. The van der Waals surface area contributed by atoms with Gasteiger partial charge in [-0.1, -0.05) is 17.7 Å². The van der Waals surface area contributed by atoms with Gasteiger partial charge in [-0.05, 0) is 30.3 Å². The highest BCUT2D eigenvalue weighted by Crippen LogP contribution is 2.26. The zero-order valence-corrected chi connectivity index (χ0v) is 10.4. The van der Waals surface area contributed by atoms with Crippen LogP contribution in [0, 0.1) is 0 Å². The molecule has 6 heteroatoms. The topological polar surface area (TPSA) is 68.0 Å². The summed E-state index contributed by atoms with van der Waals surface area (Å²) in [5, 5.41) is 10.4. The second-order valence-electron chi connectivity index (χ2n) is 3.91. The largest absolute Gasteiger partial charge is 0.464 e. The van der Waals surface area contributed by atoms with Crippen LogP contribution in [0.2, 0.25) is 5.15 Å². The van der Waals surface area contributed by atoms with Crippen LogP contribution in [-0.4, -0.2) is 25.7 Å². The Kier molecular flexibility index (Phi) is 2.68. The van der Waals surface area contributed by atoms with Crippen LogP contribution in [0.5, 0.6) is 0 Å². The van der Waals surface area contributed by atoms with E-state index in [1.807, 2.05) is 0 Å². The van der Waals surface area contributed by atoms with Crippen LogP contribution >= 0.6 is 11.6 Å². The monoisotopic (exact) mass is 273 g/mol. The van der Waals surface area contributed by atoms with Gasteiger partial charge in [0.05, 0.1) is 11.4 Å². The van der Waals surface area contributed by atoms with Crippen molar-refractivity contribution in [3.63, 3.8) is 0 Å². The molecule has 94 valence electrons. The van der Waals surface area contributed by atoms with Crippen LogP contribution in [-0.2, 0) is 0 Å². The van der Waals surface area contributed by atoms with E-state index in [0.29, 0.717) is 22.2 Å². The highest BCUT2D eigenvalue weighted by atomic mass is 35.5. The third-order valence-corrected chi connectivity index (χ3v) is 2.94. The summed E-state index contributed by atoms with van der Waals surface area (Å²) in [7, 11) is 0. The summed E-state index contributed by atoms with van der Waals surface area (Å²) >= 11 is 5.84. The molecular weight excluding hydrogens is 266 g/mol. The Hall–Kier alpha value is -2.40. The van der Waals surface area contributed by atoms with Gasteiger partial charge in [0.2, 0.25) is 0 Å². The zero-order chi connectivity index (χ0) is 13.4. The number of fused-ring (bicyclic) bond motifs is 1. The van der Waals surface area contributed by atoms with Gasteiger partial charge in [0.15, 0.2) is 0 Å². The number of hydrogen-bond donors (Lipinski definition) is 1. The molecule has 5 nitrogen and oxygen atoms in total. The Labute approximate surface area is 113 Å². The summed E-state index contributed by atoms with van der Waals surface area (Å²) in [4.78, 5) is 19.6. The summed E-state index contributed by atoms with van der Waals surface area (Å²) in [6, 6.07) is 10.4. The van der Waals surface area contributed by atoms with Crippen molar-refractivity contribution in [1.82, 2.24) is 14.5 Å². The number of carbonyl (C=O) groups is 1. The van der Waals surface area contributed by atoms with E-state index in [0.717, 1.165) is 9.95 Å². The predicted molar refractivity (Wildman–Crippen MR) is 71.4 cm³/mol. The van der Waals surface area contributed by atoms with Gasteiger partial charge in [0.25, 0.3) is 0 Å². The molecule has 0 bridgehead atoms. The van der Waals surface area contributed by atoms with Crippen molar-refractivity contribution in [3.8, 4) is 11.4 Å². The number of pyridine rings is 2. The fraction of sp³-hybridized carbons (Fsp3) is 0. The fourth-order valence-electron chi connectivity index (χ4n) is 1.97. The molecule has 3 heterocycles. The van der Waals surface area contributed by atoms with Gasteiger partial charge in [-0.15, -0.1) is 0 Å².